The van der Waals surface area contributed by atoms with Crippen molar-refractivity contribution in [2.24, 2.45) is 0 Å². The summed E-state index contributed by atoms with van der Waals surface area (Å²) < 4.78 is 18.2. The van der Waals surface area contributed by atoms with Crippen molar-refractivity contribution in [1.29, 1.82) is 5.26 Å². The third-order valence-corrected chi connectivity index (χ3v) is 2.09. The largest absolute Gasteiger partial charge is 0.466 e. The number of halogens is 2. The monoisotopic (exact) mass is 241 g/mol. The number of carbonyl (C=O) groups excluding carboxylic acids is 1. The van der Waals surface area contributed by atoms with Crippen LogP contribution in [0.25, 0.3) is 0 Å². The first-order valence-electron chi connectivity index (χ1n) is 4.62. The van der Waals surface area contributed by atoms with E-state index in [1.54, 1.807) is 13.0 Å². The molecule has 0 fully saturated rings. The highest BCUT2D eigenvalue weighted by molar-refractivity contribution is 6.30. The second-order valence-electron chi connectivity index (χ2n) is 3.02. The molecule has 0 aromatic heterocycles. The van der Waals surface area contributed by atoms with Gasteiger partial charge >= 0.3 is 5.97 Å². The van der Waals surface area contributed by atoms with E-state index in [9.17, 15) is 9.18 Å². The summed E-state index contributed by atoms with van der Waals surface area (Å²) in [7, 11) is 0. The molecule has 0 aliphatic carbocycles. The number of ether oxygens (including phenoxy) is 1. The number of carbonyl (C=O) groups is 1. The van der Waals surface area contributed by atoms with Gasteiger partial charge in [-0.1, -0.05) is 11.6 Å². The highest BCUT2D eigenvalue weighted by Crippen LogP contribution is 2.20. The normalized spacial score (nSPS) is 9.62. The molecule has 1 rings (SSSR count). The maximum atomic E-state index is 13.6. The Hall–Kier alpha value is -1.60. The minimum atomic E-state index is -0.722. The predicted octanol–water partition coefficient (Wildman–Crippen LogP) is 2.46. The van der Waals surface area contributed by atoms with Crippen molar-refractivity contribution >= 4 is 17.6 Å². The van der Waals surface area contributed by atoms with Crippen molar-refractivity contribution in [1.82, 2.24) is 0 Å². The summed E-state index contributed by atoms with van der Waals surface area (Å²) in [6, 6.07) is 4.20. The average Bonchev–Trinajstić information content (AvgIpc) is 2.23. The summed E-state index contributed by atoms with van der Waals surface area (Å²) in [6.45, 7) is 1.89. The van der Waals surface area contributed by atoms with Gasteiger partial charge in [0.25, 0.3) is 0 Å². The van der Waals surface area contributed by atoms with Crippen LogP contribution >= 0.6 is 11.6 Å². The molecule has 1 aromatic carbocycles. The minimum Gasteiger partial charge on any atom is -0.466 e. The molecule has 0 aliphatic rings. The smallest absolute Gasteiger partial charge is 0.310 e. The maximum absolute atomic E-state index is 13.6. The number of benzene rings is 1. The van der Waals surface area contributed by atoms with E-state index in [1.165, 1.54) is 12.1 Å². The van der Waals surface area contributed by atoms with Gasteiger partial charge in [0.1, 0.15) is 11.9 Å². The Morgan fingerprint density at radius 3 is 2.88 bits per heavy atom. The molecule has 1 aromatic rings. The van der Waals surface area contributed by atoms with Crippen molar-refractivity contribution < 1.29 is 13.9 Å². The third-order valence-electron chi connectivity index (χ3n) is 1.87. The van der Waals surface area contributed by atoms with Crippen LogP contribution in [0.3, 0.4) is 0 Å². The lowest BCUT2D eigenvalue weighted by molar-refractivity contribution is -0.142. The minimum absolute atomic E-state index is 0.0718. The zero-order valence-corrected chi connectivity index (χ0v) is 9.34. The molecule has 0 saturated carbocycles. The molecular weight excluding hydrogens is 233 g/mol. The maximum Gasteiger partial charge on any atom is 0.310 e. The van der Waals surface area contributed by atoms with Crippen LogP contribution in [0.5, 0.6) is 0 Å². The van der Waals surface area contributed by atoms with Crippen LogP contribution in [0.4, 0.5) is 4.39 Å². The van der Waals surface area contributed by atoms with Gasteiger partial charge in [-0.2, -0.15) is 5.26 Å². The summed E-state index contributed by atoms with van der Waals surface area (Å²) >= 11 is 5.69. The van der Waals surface area contributed by atoms with E-state index in [-0.39, 0.29) is 29.2 Å². The lowest BCUT2D eigenvalue weighted by Crippen LogP contribution is -2.09. The van der Waals surface area contributed by atoms with Crippen LogP contribution in [-0.4, -0.2) is 12.6 Å². The first-order valence-corrected chi connectivity index (χ1v) is 5.00. The van der Waals surface area contributed by atoms with Gasteiger partial charge in [0, 0.05) is 10.6 Å². The molecule has 0 N–H and O–H groups in total. The second kappa shape index (κ2) is 5.47. The summed E-state index contributed by atoms with van der Waals surface area (Å²) in [5.74, 6) is -1.27. The molecule has 0 unspecified atom stereocenters. The highest BCUT2D eigenvalue weighted by Gasteiger charge is 2.13. The van der Waals surface area contributed by atoms with Gasteiger partial charge in [0.2, 0.25) is 0 Å². The van der Waals surface area contributed by atoms with Gasteiger partial charge < -0.3 is 4.74 Å². The fourth-order valence-corrected chi connectivity index (χ4v) is 1.46. The first-order chi connectivity index (χ1) is 7.58. The van der Waals surface area contributed by atoms with E-state index < -0.39 is 11.8 Å². The van der Waals surface area contributed by atoms with Gasteiger partial charge in [-0.3, -0.25) is 4.79 Å². The lowest BCUT2D eigenvalue weighted by atomic mass is 10.1. The zero-order valence-electron chi connectivity index (χ0n) is 8.59. The van der Waals surface area contributed by atoms with E-state index in [1.807, 2.05) is 0 Å². The van der Waals surface area contributed by atoms with E-state index in [2.05, 4.69) is 4.74 Å². The van der Waals surface area contributed by atoms with Crippen molar-refractivity contribution in [2.45, 2.75) is 13.3 Å². The van der Waals surface area contributed by atoms with Gasteiger partial charge in [0.05, 0.1) is 18.6 Å². The number of esters is 1. The number of hydrogen-bond donors (Lipinski definition) is 0. The molecule has 84 valence electrons. The molecule has 16 heavy (non-hydrogen) atoms. The molecule has 0 aliphatic heterocycles. The van der Waals surface area contributed by atoms with Gasteiger partial charge in [-0.25, -0.2) is 4.39 Å². The Morgan fingerprint density at radius 1 is 1.62 bits per heavy atom. The lowest BCUT2D eigenvalue weighted by Gasteiger charge is -2.05. The Morgan fingerprint density at radius 2 is 2.31 bits per heavy atom. The van der Waals surface area contributed by atoms with Crippen LogP contribution in [0.15, 0.2) is 12.1 Å². The molecule has 0 amide bonds. The summed E-state index contributed by atoms with van der Waals surface area (Å²) in [5, 5.41) is 8.86. The molecule has 0 bridgehead atoms. The number of nitrogens with zero attached hydrogens (tertiary/aromatic N) is 1. The zero-order chi connectivity index (χ0) is 12.1. The van der Waals surface area contributed by atoms with Crippen molar-refractivity contribution in [3.8, 4) is 6.07 Å². The SMILES string of the molecule is CCOC(=O)Cc1cc(Cl)cc(C#N)c1F. The van der Waals surface area contributed by atoms with Crippen LogP contribution in [0, 0.1) is 17.1 Å². The Labute approximate surface area is 97.4 Å². The Kier molecular flexibility index (Phi) is 4.27. The van der Waals surface area contributed by atoms with E-state index >= 15 is 0 Å². The number of rotatable bonds is 3. The molecule has 0 heterocycles. The third kappa shape index (κ3) is 2.94. The van der Waals surface area contributed by atoms with E-state index in [0.29, 0.717) is 0 Å². The van der Waals surface area contributed by atoms with Crippen molar-refractivity contribution in [2.75, 3.05) is 6.61 Å². The fourth-order valence-electron chi connectivity index (χ4n) is 1.22. The first kappa shape index (κ1) is 12.5. The Bertz CT molecular complexity index is 454. The summed E-state index contributed by atoms with van der Waals surface area (Å²) in [5.41, 5.74) is -0.103. The topological polar surface area (TPSA) is 50.1 Å². The molecule has 0 atom stereocenters. The van der Waals surface area contributed by atoms with Crippen molar-refractivity contribution in [3.63, 3.8) is 0 Å². The van der Waals surface area contributed by atoms with Crippen LogP contribution < -0.4 is 0 Å². The predicted molar refractivity (Wildman–Crippen MR) is 56.5 cm³/mol. The Balaban J connectivity index is 3.01. The molecular formula is C11H9ClFNO2. The van der Waals surface area contributed by atoms with Crippen LogP contribution in [0.2, 0.25) is 5.02 Å². The van der Waals surface area contributed by atoms with Gasteiger partial charge in [-0.05, 0) is 19.1 Å². The van der Waals surface area contributed by atoms with Crippen molar-refractivity contribution in [3.05, 3.63) is 34.1 Å². The molecule has 0 radical (unpaired) electrons. The number of hydrogen-bond acceptors (Lipinski definition) is 3. The van der Waals surface area contributed by atoms with Crippen LogP contribution in [0.1, 0.15) is 18.1 Å². The molecule has 0 saturated heterocycles. The quantitative estimate of drug-likeness (QED) is 0.764. The van der Waals surface area contributed by atoms with Crippen LogP contribution in [-0.2, 0) is 16.0 Å². The summed E-state index contributed by atoms with van der Waals surface area (Å²) in [6.07, 6.45) is -0.227. The summed E-state index contributed by atoms with van der Waals surface area (Å²) in [4.78, 5) is 11.2. The van der Waals surface area contributed by atoms with Gasteiger partial charge in [-0.15, -0.1) is 0 Å². The fraction of sp³-hybridized carbons (Fsp3) is 0.273. The standard InChI is InChI=1S/C11H9ClFNO2/c1-2-16-10(15)5-7-3-9(12)4-8(6-14)11(7)13/h3-4H,2,5H2,1H3. The van der Waals surface area contributed by atoms with E-state index in [0.717, 1.165) is 0 Å². The van der Waals surface area contributed by atoms with E-state index in [4.69, 9.17) is 16.9 Å². The molecule has 0 spiro atoms. The highest BCUT2D eigenvalue weighted by atomic mass is 35.5. The molecule has 5 heteroatoms. The second-order valence-corrected chi connectivity index (χ2v) is 3.46. The average molecular weight is 242 g/mol. The van der Waals surface area contributed by atoms with Gasteiger partial charge in [0.15, 0.2) is 0 Å². The molecule has 3 nitrogen and oxygen atoms in total. The number of nitriles is 1.